The number of carbonyl (C=O) groups is 1. The van der Waals surface area contributed by atoms with Crippen LogP contribution in [0.5, 0.6) is 0 Å². The summed E-state index contributed by atoms with van der Waals surface area (Å²) in [7, 11) is 0. The Kier molecular flexibility index (Phi) is 4.05. The molecule has 0 aromatic rings. The lowest BCUT2D eigenvalue weighted by Crippen LogP contribution is -2.23. The Balaban J connectivity index is 3.16. The molecule has 0 aromatic heterocycles. The number of aliphatic carboxylic acids is 1. The van der Waals surface area contributed by atoms with Gasteiger partial charge in [0.1, 0.15) is 0 Å². The second kappa shape index (κ2) is 4.32. The normalized spacial score (nSPS) is 13.1. The van der Waals surface area contributed by atoms with E-state index >= 15 is 0 Å². The summed E-state index contributed by atoms with van der Waals surface area (Å²) in [6, 6.07) is 0. The quantitative estimate of drug-likeness (QED) is 0.548. The summed E-state index contributed by atoms with van der Waals surface area (Å²) in [5.41, 5.74) is 0. The van der Waals surface area contributed by atoms with Crippen LogP contribution in [0, 0.1) is 0 Å². The van der Waals surface area contributed by atoms with Gasteiger partial charge in [0.15, 0.2) is 0 Å². The molecule has 0 fully saturated rings. The molecule has 0 aliphatic heterocycles. The smallest absolute Gasteiger partial charge is 0.0541 e. The van der Waals surface area contributed by atoms with Crippen LogP contribution in [-0.2, 0) is 4.79 Å². The summed E-state index contributed by atoms with van der Waals surface area (Å²) in [5.74, 6) is -1.09. The Labute approximate surface area is 54.3 Å². The first kappa shape index (κ1) is 8.43. The first-order valence-electron chi connectivity index (χ1n) is 3.04. The zero-order chi connectivity index (χ0) is 7.28. The summed E-state index contributed by atoms with van der Waals surface area (Å²) in [6.45, 7) is 1.81. The molecule has 0 heterocycles. The Morgan fingerprint density at radius 1 is 1.78 bits per heavy atom. The Morgan fingerprint density at radius 2 is 2.33 bits per heavy atom. The SMILES string of the molecule is CCC(O)CCC(=O)[O-]. The third kappa shape index (κ3) is 5.30. The van der Waals surface area contributed by atoms with Crippen molar-refractivity contribution in [1.29, 1.82) is 0 Å². The summed E-state index contributed by atoms with van der Waals surface area (Å²) in [5, 5.41) is 18.6. The van der Waals surface area contributed by atoms with Crippen LogP contribution in [0.3, 0.4) is 0 Å². The predicted molar refractivity (Wildman–Crippen MR) is 30.5 cm³/mol. The third-order valence-electron chi connectivity index (χ3n) is 1.15. The number of aliphatic hydroxyl groups excluding tert-OH is 1. The lowest BCUT2D eigenvalue weighted by atomic mass is 10.1. The molecule has 54 valence electrons. The van der Waals surface area contributed by atoms with E-state index in [2.05, 4.69) is 0 Å². The molecule has 0 amide bonds. The molecule has 3 heteroatoms. The molecule has 0 saturated heterocycles. The van der Waals surface area contributed by atoms with Gasteiger partial charge in [-0.1, -0.05) is 6.92 Å². The van der Waals surface area contributed by atoms with Crippen molar-refractivity contribution in [2.75, 3.05) is 0 Å². The van der Waals surface area contributed by atoms with Gasteiger partial charge in [0.2, 0.25) is 0 Å². The summed E-state index contributed by atoms with van der Waals surface area (Å²) in [4.78, 5) is 9.80. The van der Waals surface area contributed by atoms with Crippen LogP contribution in [0.4, 0.5) is 0 Å². The lowest BCUT2D eigenvalue weighted by Gasteiger charge is -2.06. The van der Waals surface area contributed by atoms with Gasteiger partial charge < -0.3 is 15.0 Å². The van der Waals surface area contributed by atoms with Crippen LogP contribution >= 0.6 is 0 Å². The molecule has 0 bridgehead atoms. The average molecular weight is 131 g/mol. The minimum atomic E-state index is -1.09. The van der Waals surface area contributed by atoms with Crippen molar-refractivity contribution in [1.82, 2.24) is 0 Å². The summed E-state index contributed by atoms with van der Waals surface area (Å²) >= 11 is 0. The molecule has 1 atom stereocenters. The molecule has 0 aromatic carbocycles. The van der Waals surface area contributed by atoms with E-state index in [4.69, 9.17) is 5.11 Å². The van der Waals surface area contributed by atoms with Crippen molar-refractivity contribution in [3.8, 4) is 0 Å². The van der Waals surface area contributed by atoms with E-state index in [1.807, 2.05) is 0 Å². The zero-order valence-corrected chi connectivity index (χ0v) is 5.46. The number of carboxylic acids is 1. The van der Waals surface area contributed by atoms with E-state index in [9.17, 15) is 9.90 Å². The molecular weight excluding hydrogens is 120 g/mol. The molecule has 1 N–H and O–H groups in total. The maximum Gasteiger partial charge on any atom is 0.0541 e. The van der Waals surface area contributed by atoms with Crippen LogP contribution in [0.25, 0.3) is 0 Å². The van der Waals surface area contributed by atoms with Gasteiger partial charge in [-0.15, -0.1) is 0 Å². The van der Waals surface area contributed by atoms with Gasteiger partial charge in [-0.05, 0) is 19.3 Å². The predicted octanol–water partition coefficient (Wildman–Crippen LogP) is -0.713. The second-order valence-corrected chi connectivity index (χ2v) is 1.97. The van der Waals surface area contributed by atoms with Crippen molar-refractivity contribution in [3.63, 3.8) is 0 Å². The van der Waals surface area contributed by atoms with Gasteiger partial charge in [0.25, 0.3) is 0 Å². The van der Waals surface area contributed by atoms with E-state index in [-0.39, 0.29) is 6.42 Å². The van der Waals surface area contributed by atoms with E-state index in [1.54, 1.807) is 6.92 Å². The molecular formula is C6H11O3-. The zero-order valence-electron chi connectivity index (χ0n) is 5.46. The van der Waals surface area contributed by atoms with Crippen LogP contribution in [0.2, 0.25) is 0 Å². The second-order valence-electron chi connectivity index (χ2n) is 1.97. The van der Waals surface area contributed by atoms with Gasteiger partial charge in [-0.3, -0.25) is 0 Å². The van der Waals surface area contributed by atoms with Crippen LogP contribution in [-0.4, -0.2) is 17.2 Å². The topological polar surface area (TPSA) is 60.4 Å². The Hall–Kier alpha value is -0.570. The number of carbonyl (C=O) groups excluding carboxylic acids is 1. The van der Waals surface area contributed by atoms with Gasteiger partial charge in [-0.25, -0.2) is 0 Å². The monoisotopic (exact) mass is 131 g/mol. The molecule has 0 rings (SSSR count). The molecule has 0 aliphatic rings. The molecule has 9 heavy (non-hydrogen) atoms. The van der Waals surface area contributed by atoms with E-state index in [0.717, 1.165) is 0 Å². The number of carboxylic acid groups (broad SMARTS) is 1. The number of rotatable bonds is 4. The Bertz CT molecular complexity index is 90.3. The third-order valence-corrected chi connectivity index (χ3v) is 1.15. The van der Waals surface area contributed by atoms with Crippen molar-refractivity contribution < 1.29 is 15.0 Å². The minimum absolute atomic E-state index is 0.0466. The van der Waals surface area contributed by atoms with Gasteiger partial charge in [0, 0.05) is 5.97 Å². The van der Waals surface area contributed by atoms with E-state index in [1.165, 1.54) is 0 Å². The van der Waals surface area contributed by atoms with Crippen LogP contribution in [0.15, 0.2) is 0 Å². The van der Waals surface area contributed by atoms with E-state index < -0.39 is 12.1 Å². The Morgan fingerprint density at radius 3 is 2.67 bits per heavy atom. The molecule has 3 nitrogen and oxygen atoms in total. The fourth-order valence-electron chi connectivity index (χ4n) is 0.489. The van der Waals surface area contributed by atoms with Crippen LogP contribution < -0.4 is 5.11 Å². The highest BCUT2D eigenvalue weighted by atomic mass is 16.4. The first-order valence-corrected chi connectivity index (χ1v) is 3.04. The van der Waals surface area contributed by atoms with Crippen molar-refractivity contribution in [2.24, 2.45) is 0 Å². The standard InChI is InChI=1S/C6H12O3/c1-2-5(7)3-4-6(8)9/h5,7H,2-4H2,1H3,(H,8,9)/p-1. The highest BCUT2D eigenvalue weighted by Crippen LogP contribution is 1.98. The fraction of sp³-hybridized carbons (Fsp3) is 0.833. The molecule has 0 radical (unpaired) electrons. The molecule has 1 unspecified atom stereocenters. The first-order chi connectivity index (χ1) is 4.16. The largest absolute Gasteiger partial charge is 0.550 e. The lowest BCUT2D eigenvalue weighted by molar-refractivity contribution is -0.306. The van der Waals surface area contributed by atoms with Gasteiger partial charge in [-0.2, -0.15) is 0 Å². The fourth-order valence-corrected chi connectivity index (χ4v) is 0.489. The average Bonchev–Trinajstić information content (AvgIpc) is 1.83. The molecule has 0 aliphatic carbocycles. The maximum atomic E-state index is 9.80. The van der Waals surface area contributed by atoms with Crippen molar-refractivity contribution in [2.45, 2.75) is 32.3 Å². The van der Waals surface area contributed by atoms with Crippen molar-refractivity contribution in [3.05, 3.63) is 0 Å². The molecule has 0 saturated carbocycles. The number of aliphatic hydroxyl groups is 1. The minimum Gasteiger partial charge on any atom is -0.550 e. The highest BCUT2D eigenvalue weighted by Gasteiger charge is 1.98. The van der Waals surface area contributed by atoms with Gasteiger partial charge in [0.05, 0.1) is 6.10 Å². The molecule has 0 spiro atoms. The maximum absolute atomic E-state index is 9.80. The number of hydrogen-bond donors (Lipinski definition) is 1. The van der Waals surface area contributed by atoms with Gasteiger partial charge >= 0.3 is 0 Å². The van der Waals surface area contributed by atoms with E-state index in [0.29, 0.717) is 12.8 Å². The number of hydrogen-bond acceptors (Lipinski definition) is 3. The van der Waals surface area contributed by atoms with Crippen molar-refractivity contribution >= 4 is 5.97 Å². The summed E-state index contributed by atoms with van der Waals surface area (Å²) in [6.07, 6.45) is 0.379. The highest BCUT2D eigenvalue weighted by molar-refractivity contribution is 5.64. The summed E-state index contributed by atoms with van der Waals surface area (Å²) < 4.78 is 0. The van der Waals surface area contributed by atoms with Crippen LogP contribution in [0.1, 0.15) is 26.2 Å².